The van der Waals surface area contributed by atoms with Gasteiger partial charge in [0.1, 0.15) is 17.5 Å². The number of carbonyl (C=O) groups is 1. The van der Waals surface area contributed by atoms with Crippen molar-refractivity contribution in [1.82, 2.24) is 34.6 Å². The molecule has 1 fully saturated rings. The van der Waals surface area contributed by atoms with Crippen molar-refractivity contribution in [2.45, 2.75) is 26.3 Å². The highest BCUT2D eigenvalue weighted by atomic mass is 19.1. The van der Waals surface area contributed by atoms with Crippen molar-refractivity contribution in [1.29, 1.82) is 5.26 Å². The van der Waals surface area contributed by atoms with Crippen molar-refractivity contribution >= 4 is 18.2 Å². The molecule has 1 unspecified atom stereocenters. The number of carbonyl (C=O) groups excluding carboxylic acids is 1. The standard InChI is InChI=1S/C23H22F2N10O/c1-14-29-15(2)34(31-14)21-19(25)13-27-22(30-21)32-5-7-33(8-6-32)23(36)35-20(3-4-28-35)17-9-16(12-26)10-18(24)11-17/h4,9-11,13,20H,3,5-8H2,1-2H3. The summed E-state index contributed by atoms with van der Waals surface area (Å²) in [6, 6.07) is 5.18. The Morgan fingerprint density at radius 2 is 1.89 bits per heavy atom. The first-order valence-electron chi connectivity index (χ1n) is 11.3. The summed E-state index contributed by atoms with van der Waals surface area (Å²) < 4.78 is 29.8. The second-order valence-corrected chi connectivity index (χ2v) is 8.50. The molecule has 2 aliphatic rings. The first-order chi connectivity index (χ1) is 17.3. The van der Waals surface area contributed by atoms with Gasteiger partial charge in [-0.25, -0.2) is 28.6 Å². The monoisotopic (exact) mass is 492 g/mol. The largest absolute Gasteiger partial charge is 0.341 e. The molecule has 0 radical (unpaired) electrons. The van der Waals surface area contributed by atoms with Gasteiger partial charge in [0.2, 0.25) is 5.95 Å². The highest BCUT2D eigenvalue weighted by Gasteiger charge is 2.34. The van der Waals surface area contributed by atoms with E-state index in [1.807, 2.05) is 11.0 Å². The smallest absolute Gasteiger partial charge is 0.337 e. The Bertz CT molecular complexity index is 1390. The number of hydrogen-bond acceptors (Lipinski definition) is 8. The minimum absolute atomic E-state index is 0.0117. The third-order valence-electron chi connectivity index (χ3n) is 6.08. The van der Waals surface area contributed by atoms with E-state index in [1.165, 1.54) is 15.8 Å². The number of benzene rings is 1. The highest BCUT2D eigenvalue weighted by molar-refractivity contribution is 5.78. The van der Waals surface area contributed by atoms with Crippen molar-refractivity contribution in [3.63, 3.8) is 0 Å². The highest BCUT2D eigenvalue weighted by Crippen LogP contribution is 2.30. The molecule has 1 aromatic carbocycles. The Morgan fingerprint density at radius 1 is 1.11 bits per heavy atom. The molecule has 1 atom stereocenters. The molecule has 0 bridgehead atoms. The summed E-state index contributed by atoms with van der Waals surface area (Å²) >= 11 is 0. The maximum atomic E-state index is 14.5. The van der Waals surface area contributed by atoms with Crippen LogP contribution in [0.3, 0.4) is 0 Å². The Balaban J connectivity index is 1.29. The summed E-state index contributed by atoms with van der Waals surface area (Å²) in [6.45, 7) is 5.00. The van der Waals surface area contributed by atoms with E-state index in [1.54, 1.807) is 31.0 Å². The van der Waals surface area contributed by atoms with Gasteiger partial charge in [0.05, 0.1) is 23.9 Å². The number of piperazine rings is 1. The van der Waals surface area contributed by atoms with Crippen LogP contribution in [0.2, 0.25) is 0 Å². The van der Waals surface area contributed by atoms with Gasteiger partial charge in [-0.15, -0.1) is 5.10 Å². The Hall–Kier alpha value is -4.47. The average Bonchev–Trinajstić information content (AvgIpc) is 3.49. The van der Waals surface area contributed by atoms with Crippen LogP contribution in [0.25, 0.3) is 5.82 Å². The van der Waals surface area contributed by atoms with Gasteiger partial charge in [-0.05, 0) is 37.6 Å². The van der Waals surface area contributed by atoms with Gasteiger partial charge in [0.25, 0.3) is 0 Å². The maximum Gasteiger partial charge on any atom is 0.341 e. The number of nitrogens with zero attached hydrogens (tertiary/aromatic N) is 10. The lowest BCUT2D eigenvalue weighted by Gasteiger charge is -2.37. The molecule has 2 amide bonds. The molecule has 4 heterocycles. The molecule has 2 aliphatic heterocycles. The molecule has 13 heteroatoms. The fourth-order valence-electron chi connectivity index (χ4n) is 4.36. The van der Waals surface area contributed by atoms with E-state index in [4.69, 9.17) is 5.26 Å². The van der Waals surface area contributed by atoms with Crippen LogP contribution in [-0.4, -0.2) is 73.1 Å². The van der Waals surface area contributed by atoms with E-state index in [9.17, 15) is 13.6 Å². The molecule has 11 nitrogen and oxygen atoms in total. The SMILES string of the molecule is Cc1nc(C)n(-c2nc(N3CCN(C(=O)N4N=CCC4c4cc(F)cc(C#N)c4)CC3)ncc2F)n1. The normalized spacial score (nSPS) is 17.5. The van der Waals surface area contributed by atoms with Crippen molar-refractivity contribution < 1.29 is 13.6 Å². The van der Waals surface area contributed by atoms with Crippen molar-refractivity contribution in [3.05, 3.63) is 58.8 Å². The summed E-state index contributed by atoms with van der Waals surface area (Å²) in [7, 11) is 0. The van der Waals surface area contributed by atoms with E-state index in [2.05, 4.69) is 25.2 Å². The molecule has 0 saturated carbocycles. The van der Waals surface area contributed by atoms with Crippen molar-refractivity contribution in [3.8, 4) is 11.9 Å². The minimum Gasteiger partial charge on any atom is -0.337 e. The predicted molar refractivity (Wildman–Crippen MR) is 124 cm³/mol. The Kier molecular flexibility index (Phi) is 6.01. The summed E-state index contributed by atoms with van der Waals surface area (Å²) in [5, 5.41) is 18.9. The lowest BCUT2D eigenvalue weighted by Crippen LogP contribution is -2.52. The molecule has 0 N–H and O–H groups in total. The molecule has 5 rings (SSSR count). The van der Waals surface area contributed by atoms with Gasteiger partial charge in [-0.2, -0.15) is 20.0 Å². The third-order valence-corrected chi connectivity index (χ3v) is 6.08. The van der Waals surface area contributed by atoms with Crippen LogP contribution in [0.15, 0.2) is 29.5 Å². The number of hydrogen-bond donors (Lipinski definition) is 0. The van der Waals surface area contributed by atoms with Crippen LogP contribution in [-0.2, 0) is 0 Å². The fourth-order valence-corrected chi connectivity index (χ4v) is 4.36. The first kappa shape index (κ1) is 23.3. The van der Waals surface area contributed by atoms with Crippen molar-refractivity contribution in [2.24, 2.45) is 5.10 Å². The number of rotatable bonds is 3. The number of anilines is 1. The van der Waals surface area contributed by atoms with E-state index in [-0.39, 0.29) is 17.4 Å². The number of hydrazone groups is 1. The number of halogens is 2. The van der Waals surface area contributed by atoms with Gasteiger partial charge in [0, 0.05) is 38.8 Å². The average molecular weight is 492 g/mol. The molecule has 1 saturated heterocycles. The molecule has 0 aliphatic carbocycles. The van der Waals surface area contributed by atoms with E-state index < -0.39 is 17.7 Å². The molecule has 2 aromatic heterocycles. The third kappa shape index (κ3) is 4.33. The number of aryl methyl sites for hydroxylation is 2. The summed E-state index contributed by atoms with van der Waals surface area (Å²) in [4.78, 5) is 29.4. The van der Waals surface area contributed by atoms with Gasteiger partial charge >= 0.3 is 6.03 Å². The van der Waals surface area contributed by atoms with Crippen LogP contribution in [0, 0.1) is 36.8 Å². The van der Waals surface area contributed by atoms with Crippen LogP contribution in [0.1, 0.15) is 35.2 Å². The summed E-state index contributed by atoms with van der Waals surface area (Å²) in [5.74, 6) is 0.198. The summed E-state index contributed by atoms with van der Waals surface area (Å²) in [5.41, 5.74) is 0.703. The zero-order chi connectivity index (χ0) is 25.4. The quantitative estimate of drug-likeness (QED) is 0.551. The molecule has 184 valence electrons. The topological polar surface area (TPSA) is 119 Å². The van der Waals surface area contributed by atoms with Crippen LogP contribution in [0.5, 0.6) is 0 Å². The second-order valence-electron chi connectivity index (χ2n) is 8.50. The van der Waals surface area contributed by atoms with E-state index in [0.717, 1.165) is 12.3 Å². The Morgan fingerprint density at radius 3 is 2.58 bits per heavy atom. The molecule has 3 aromatic rings. The lowest BCUT2D eigenvalue weighted by atomic mass is 10.0. The minimum atomic E-state index is -0.615. The van der Waals surface area contributed by atoms with Crippen molar-refractivity contribution in [2.75, 3.05) is 31.1 Å². The first-order valence-corrected chi connectivity index (χ1v) is 11.3. The number of aromatic nitrogens is 5. The molecule has 36 heavy (non-hydrogen) atoms. The van der Waals surface area contributed by atoms with E-state index in [0.29, 0.717) is 55.8 Å². The molecule has 0 spiro atoms. The molecular weight excluding hydrogens is 470 g/mol. The fraction of sp³-hybridized carbons (Fsp3) is 0.348. The van der Waals surface area contributed by atoms with Crippen LogP contribution in [0.4, 0.5) is 19.5 Å². The van der Waals surface area contributed by atoms with Crippen LogP contribution >= 0.6 is 0 Å². The van der Waals surface area contributed by atoms with Gasteiger partial charge < -0.3 is 9.80 Å². The predicted octanol–water partition coefficient (Wildman–Crippen LogP) is 2.50. The zero-order valence-electron chi connectivity index (χ0n) is 19.6. The maximum absolute atomic E-state index is 14.5. The number of urea groups is 1. The molecular formula is C23H22F2N10O. The van der Waals surface area contributed by atoms with Gasteiger partial charge in [-0.3, -0.25) is 0 Å². The second kappa shape index (κ2) is 9.29. The van der Waals surface area contributed by atoms with E-state index >= 15 is 0 Å². The summed E-state index contributed by atoms with van der Waals surface area (Å²) in [6.07, 6.45) is 3.13. The number of amides is 2. The lowest BCUT2D eigenvalue weighted by molar-refractivity contribution is 0.139. The van der Waals surface area contributed by atoms with Gasteiger partial charge in [-0.1, -0.05) is 0 Å². The number of nitriles is 1. The van der Waals surface area contributed by atoms with Gasteiger partial charge in [0.15, 0.2) is 11.6 Å². The van der Waals surface area contributed by atoms with Crippen LogP contribution < -0.4 is 4.90 Å². The zero-order valence-corrected chi connectivity index (χ0v) is 19.6. The Labute approximate surface area is 205 Å².